The van der Waals surface area contributed by atoms with Crippen LogP contribution in [0.1, 0.15) is 44.3 Å². The molecule has 1 aromatic rings. The predicted octanol–water partition coefficient (Wildman–Crippen LogP) is 1.44. The first-order valence-corrected chi connectivity index (χ1v) is 7.64. The van der Waals surface area contributed by atoms with Crippen LogP contribution in [0.5, 0.6) is 0 Å². The van der Waals surface area contributed by atoms with E-state index in [1.807, 2.05) is 13.8 Å². The molecular formula is C15H21N3O4. The second-order valence-corrected chi connectivity index (χ2v) is 6.89. The van der Waals surface area contributed by atoms with Crippen LogP contribution >= 0.6 is 0 Å². The molecule has 120 valence electrons. The number of hydrogen-bond acceptors (Lipinski definition) is 5. The number of carboxylic acids is 1. The Bertz CT molecular complexity index is 602. The van der Waals surface area contributed by atoms with Crippen molar-refractivity contribution < 1.29 is 19.2 Å². The minimum atomic E-state index is -0.875. The Morgan fingerprint density at radius 1 is 1.27 bits per heavy atom. The summed E-state index contributed by atoms with van der Waals surface area (Å²) in [4.78, 5) is 29.8. The van der Waals surface area contributed by atoms with Gasteiger partial charge in [0.25, 0.3) is 0 Å². The van der Waals surface area contributed by atoms with Gasteiger partial charge in [0.2, 0.25) is 11.8 Å². The first-order chi connectivity index (χ1) is 10.3. The summed E-state index contributed by atoms with van der Waals surface area (Å²) in [5.41, 5.74) is -0.441. The van der Waals surface area contributed by atoms with E-state index in [4.69, 9.17) is 4.52 Å². The highest BCUT2D eigenvalue weighted by Gasteiger charge is 2.66. The first-order valence-electron chi connectivity index (χ1n) is 7.64. The summed E-state index contributed by atoms with van der Waals surface area (Å²) in [7, 11) is 0. The molecule has 2 heterocycles. The maximum absolute atomic E-state index is 12.5. The standard InChI is InChI=1S/C15H21N3O4/c1-8-16-12(22-17-8)9-4-6-18(7-5-9)13(19)10-11(14(20)21)15(10,2)3/h9-11H,4-7H2,1-3H3,(H,20,21)/t10-,11+/m0/s1. The van der Waals surface area contributed by atoms with Gasteiger partial charge < -0.3 is 14.5 Å². The fourth-order valence-electron chi connectivity index (χ4n) is 3.58. The number of nitrogens with zero attached hydrogens (tertiary/aromatic N) is 3. The van der Waals surface area contributed by atoms with Crippen LogP contribution < -0.4 is 0 Å². The fourth-order valence-corrected chi connectivity index (χ4v) is 3.58. The predicted molar refractivity (Wildman–Crippen MR) is 76.0 cm³/mol. The summed E-state index contributed by atoms with van der Waals surface area (Å²) in [5.74, 6) is -0.411. The van der Waals surface area contributed by atoms with Gasteiger partial charge in [-0.1, -0.05) is 19.0 Å². The van der Waals surface area contributed by atoms with E-state index >= 15 is 0 Å². The number of amides is 1. The lowest BCUT2D eigenvalue weighted by atomic mass is 9.96. The topological polar surface area (TPSA) is 96.5 Å². The Labute approximate surface area is 128 Å². The van der Waals surface area contributed by atoms with E-state index in [0.29, 0.717) is 24.8 Å². The second-order valence-electron chi connectivity index (χ2n) is 6.89. The molecule has 7 nitrogen and oxygen atoms in total. The Balaban J connectivity index is 1.60. The summed E-state index contributed by atoms with van der Waals surface area (Å²) in [6.07, 6.45) is 1.55. The number of aryl methyl sites for hydroxylation is 1. The Morgan fingerprint density at radius 3 is 2.36 bits per heavy atom. The monoisotopic (exact) mass is 307 g/mol. The van der Waals surface area contributed by atoms with E-state index in [1.54, 1.807) is 11.8 Å². The molecule has 2 aliphatic rings. The molecule has 1 aliphatic carbocycles. The minimum absolute atomic E-state index is 0.0300. The lowest BCUT2D eigenvalue weighted by molar-refractivity contribution is -0.142. The minimum Gasteiger partial charge on any atom is -0.481 e. The number of piperidine rings is 1. The molecule has 2 fully saturated rings. The first kappa shape index (κ1) is 15.0. The summed E-state index contributed by atoms with van der Waals surface area (Å²) in [6, 6.07) is 0. The van der Waals surface area contributed by atoms with Crippen LogP contribution in [0.3, 0.4) is 0 Å². The maximum atomic E-state index is 12.5. The number of aliphatic carboxylic acids is 1. The van der Waals surface area contributed by atoms with Crippen molar-refractivity contribution >= 4 is 11.9 Å². The van der Waals surface area contributed by atoms with Gasteiger partial charge in [-0.25, -0.2) is 0 Å². The molecule has 1 aliphatic heterocycles. The zero-order valence-corrected chi connectivity index (χ0v) is 13.1. The van der Waals surface area contributed by atoms with Gasteiger partial charge in [0.05, 0.1) is 11.8 Å². The highest BCUT2D eigenvalue weighted by atomic mass is 16.5. The fraction of sp³-hybridized carbons (Fsp3) is 0.733. The van der Waals surface area contributed by atoms with Gasteiger partial charge in [0.1, 0.15) is 0 Å². The molecule has 22 heavy (non-hydrogen) atoms. The summed E-state index contributed by atoms with van der Waals surface area (Å²) < 4.78 is 5.20. The van der Waals surface area contributed by atoms with Crippen LogP contribution in [0.2, 0.25) is 0 Å². The largest absolute Gasteiger partial charge is 0.481 e. The van der Waals surface area contributed by atoms with E-state index < -0.39 is 23.2 Å². The third-order valence-electron chi connectivity index (χ3n) is 5.06. The third kappa shape index (κ3) is 2.38. The average molecular weight is 307 g/mol. The average Bonchev–Trinajstić information content (AvgIpc) is 2.81. The van der Waals surface area contributed by atoms with Crippen LogP contribution in [0.4, 0.5) is 0 Å². The van der Waals surface area contributed by atoms with Gasteiger partial charge in [0, 0.05) is 19.0 Å². The zero-order chi connectivity index (χ0) is 16.1. The second kappa shape index (κ2) is 5.07. The number of carbonyl (C=O) groups is 2. The molecule has 0 unspecified atom stereocenters. The molecule has 2 atom stereocenters. The quantitative estimate of drug-likeness (QED) is 0.907. The van der Waals surface area contributed by atoms with Crippen molar-refractivity contribution in [1.29, 1.82) is 0 Å². The van der Waals surface area contributed by atoms with Gasteiger partial charge >= 0.3 is 5.97 Å². The molecule has 0 spiro atoms. The van der Waals surface area contributed by atoms with Crippen LogP contribution in [0.15, 0.2) is 4.52 Å². The lowest BCUT2D eigenvalue weighted by Crippen LogP contribution is -2.39. The van der Waals surface area contributed by atoms with Crippen molar-refractivity contribution in [1.82, 2.24) is 15.0 Å². The number of carboxylic acid groups (broad SMARTS) is 1. The number of carbonyl (C=O) groups excluding carboxylic acids is 1. The SMILES string of the molecule is Cc1noc(C2CCN(C(=O)[C@@H]3[C@H](C(=O)O)C3(C)C)CC2)n1. The molecule has 1 aromatic heterocycles. The summed E-state index contributed by atoms with van der Waals surface area (Å²) >= 11 is 0. The van der Waals surface area contributed by atoms with Gasteiger partial charge in [-0.15, -0.1) is 0 Å². The van der Waals surface area contributed by atoms with Crippen molar-refractivity contribution in [3.8, 4) is 0 Å². The van der Waals surface area contributed by atoms with Gasteiger partial charge in [0.15, 0.2) is 5.82 Å². The van der Waals surface area contributed by atoms with E-state index in [-0.39, 0.29) is 11.8 Å². The molecule has 0 radical (unpaired) electrons. The summed E-state index contributed by atoms with van der Waals surface area (Å²) in [6.45, 7) is 6.71. The smallest absolute Gasteiger partial charge is 0.307 e. The van der Waals surface area contributed by atoms with Crippen LogP contribution in [0, 0.1) is 24.2 Å². The molecule has 7 heteroatoms. The normalized spacial score (nSPS) is 27.7. The highest BCUT2D eigenvalue weighted by Crippen LogP contribution is 2.59. The summed E-state index contributed by atoms with van der Waals surface area (Å²) in [5, 5.41) is 13.0. The van der Waals surface area contributed by atoms with Crippen molar-refractivity contribution in [2.45, 2.75) is 39.5 Å². The molecule has 1 saturated heterocycles. The van der Waals surface area contributed by atoms with Gasteiger partial charge in [-0.05, 0) is 25.2 Å². The number of aromatic nitrogens is 2. The van der Waals surface area contributed by atoms with Crippen LogP contribution in [-0.2, 0) is 9.59 Å². The molecule has 0 aromatic carbocycles. The molecule has 1 saturated carbocycles. The zero-order valence-electron chi connectivity index (χ0n) is 13.1. The van der Waals surface area contributed by atoms with E-state index in [1.165, 1.54) is 0 Å². The van der Waals surface area contributed by atoms with Crippen LogP contribution in [0.25, 0.3) is 0 Å². The van der Waals surface area contributed by atoms with E-state index in [2.05, 4.69) is 10.1 Å². The van der Waals surface area contributed by atoms with Crippen molar-refractivity contribution in [3.05, 3.63) is 11.7 Å². The van der Waals surface area contributed by atoms with Gasteiger partial charge in [-0.3, -0.25) is 9.59 Å². The van der Waals surface area contributed by atoms with E-state index in [0.717, 1.165) is 12.8 Å². The lowest BCUT2D eigenvalue weighted by Gasteiger charge is -2.31. The molecule has 3 rings (SSSR count). The Kier molecular flexibility index (Phi) is 3.45. The molecule has 1 amide bonds. The number of likely N-dealkylation sites (tertiary alicyclic amines) is 1. The van der Waals surface area contributed by atoms with Crippen molar-refractivity contribution in [2.24, 2.45) is 17.3 Å². The molecular weight excluding hydrogens is 286 g/mol. The maximum Gasteiger partial charge on any atom is 0.307 e. The number of hydrogen-bond donors (Lipinski definition) is 1. The van der Waals surface area contributed by atoms with Gasteiger partial charge in [-0.2, -0.15) is 4.98 Å². The highest BCUT2D eigenvalue weighted by molar-refractivity contribution is 5.91. The number of rotatable bonds is 3. The molecule has 1 N–H and O–H groups in total. The third-order valence-corrected chi connectivity index (χ3v) is 5.06. The van der Waals surface area contributed by atoms with Crippen LogP contribution in [-0.4, -0.2) is 45.1 Å². The van der Waals surface area contributed by atoms with Crippen molar-refractivity contribution in [3.63, 3.8) is 0 Å². The van der Waals surface area contributed by atoms with Crippen molar-refractivity contribution in [2.75, 3.05) is 13.1 Å². The molecule has 0 bridgehead atoms. The Hall–Kier alpha value is -1.92. The van der Waals surface area contributed by atoms with E-state index in [9.17, 15) is 14.7 Å². The Morgan fingerprint density at radius 2 is 1.91 bits per heavy atom.